The van der Waals surface area contributed by atoms with Gasteiger partial charge in [-0.25, -0.2) is 0 Å². The van der Waals surface area contributed by atoms with Crippen LogP contribution in [-0.2, 0) is 0 Å². The Hall–Kier alpha value is -1.53. The first kappa shape index (κ1) is 14.9. The molecule has 1 N–H and O–H groups in total. The molecule has 108 valence electrons. The predicted octanol–water partition coefficient (Wildman–Crippen LogP) is 3.82. The van der Waals surface area contributed by atoms with Gasteiger partial charge in [0.2, 0.25) is 0 Å². The Morgan fingerprint density at radius 2 is 2.00 bits per heavy atom. The van der Waals surface area contributed by atoms with E-state index in [9.17, 15) is 5.26 Å². The molecule has 3 nitrogen and oxygen atoms in total. The van der Waals surface area contributed by atoms with Gasteiger partial charge in [-0.1, -0.05) is 31.9 Å². The number of hydrogen-bond donors (Lipinski definition) is 1. The Balaban J connectivity index is 2.02. The second kappa shape index (κ2) is 7.31. The van der Waals surface area contributed by atoms with Crippen LogP contribution >= 0.6 is 0 Å². The monoisotopic (exact) mass is 272 g/mol. The molecule has 0 amide bonds. The van der Waals surface area contributed by atoms with Crippen LogP contribution in [0.2, 0.25) is 0 Å². The summed E-state index contributed by atoms with van der Waals surface area (Å²) in [5.41, 5.74) is 1.02. The van der Waals surface area contributed by atoms with Gasteiger partial charge in [-0.2, -0.15) is 5.26 Å². The Labute approximate surface area is 121 Å². The van der Waals surface area contributed by atoms with Crippen molar-refractivity contribution in [3.05, 3.63) is 29.8 Å². The van der Waals surface area contributed by atoms with Crippen molar-refractivity contribution in [2.75, 3.05) is 6.61 Å². The Kier molecular flexibility index (Phi) is 5.43. The largest absolute Gasteiger partial charge is 0.494 e. The van der Waals surface area contributed by atoms with Crippen LogP contribution < -0.4 is 10.1 Å². The lowest BCUT2D eigenvalue weighted by molar-refractivity contribution is 0.271. The molecule has 1 aliphatic rings. The molecule has 0 saturated heterocycles. The number of benzene rings is 1. The summed E-state index contributed by atoms with van der Waals surface area (Å²) >= 11 is 0. The van der Waals surface area contributed by atoms with E-state index < -0.39 is 0 Å². The number of nitrogens with one attached hydrogen (secondary N) is 1. The van der Waals surface area contributed by atoms with Crippen LogP contribution in [0.3, 0.4) is 0 Å². The molecule has 0 aromatic heterocycles. The molecular formula is C17H24N2O. The number of nitriles is 1. The van der Waals surface area contributed by atoms with Crippen LogP contribution in [0.4, 0.5) is 0 Å². The van der Waals surface area contributed by atoms with E-state index in [2.05, 4.69) is 18.3 Å². The molecule has 3 heteroatoms. The highest BCUT2D eigenvalue weighted by Crippen LogP contribution is 2.26. The van der Waals surface area contributed by atoms with Crippen LogP contribution in [0.1, 0.15) is 51.1 Å². The van der Waals surface area contributed by atoms with Gasteiger partial charge in [0.1, 0.15) is 11.8 Å². The zero-order valence-electron chi connectivity index (χ0n) is 12.4. The molecule has 20 heavy (non-hydrogen) atoms. The van der Waals surface area contributed by atoms with Gasteiger partial charge in [0.25, 0.3) is 0 Å². The van der Waals surface area contributed by atoms with Gasteiger partial charge in [0.05, 0.1) is 12.7 Å². The fraction of sp³-hybridized carbons (Fsp3) is 0.588. The van der Waals surface area contributed by atoms with Crippen LogP contribution in [-0.4, -0.2) is 12.6 Å². The standard InChI is InChI=1S/C17H24N2O/c1-3-20-15-10-8-14(9-11-15)17(12-18)19-16-7-5-4-6-13(16)2/h8-11,13,16-17,19H,3-7H2,1-2H3. The Bertz CT molecular complexity index is 449. The highest BCUT2D eigenvalue weighted by molar-refractivity contribution is 5.31. The minimum atomic E-state index is -0.226. The summed E-state index contributed by atoms with van der Waals surface area (Å²) in [6.45, 7) is 4.92. The quantitative estimate of drug-likeness (QED) is 0.886. The maximum atomic E-state index is 9.43. The summed E-state index contributed by atoms with van der Waals surface area (Å²) in [5, 5.41) is 12.9. The second-order valence-corrected chi connectivity index (χ2v) is 5.60. The second-order valence-electron chi connectivity index (χ2n) is 5.60. The maximum absolute atomic E-state index is 9.43. The van der Waals surface area contributed by atoms with E-state index in [0.717, 1.165) is 11.3 Å². The van der Waals surface area contributed by atoms with Crippen molar-refractivity contribution in [1.29, 1.82) is 5.26 Å². The number of hydrogen-bond acceptors (Lipinski definition) is 3. The van der Waals surface area contributed by atoms with Gasteiger partial charge in [0.15, 0.2) is 0 Å². The van der Waals surface area contributed by atoms with Gasteiger partial charge in [-0.3, -0.25) is 5.32 Å². The van der Waals surface area contributed by atoms with Crippen molar-refractivity contribution in [3.8, 4) is 11.8 Å². The van der Waals surface area contributed by atoms with Crippen molar-refractivity contribution < 1.29 is 4.74 Å². The van der Waals surface area contributed by atoms with Crippen molar-refractivity contribution in [3.63, 3.8) is 0 Å². The van der Waals surface area contributed by atoms with Crippen molar-refractivity contribution in [2.24, 2.45) is 5.92 Å². The Morgan fingerprint density at radius 3 is 2.60 bits per heavy atom. The predicted molar refractivity (Wildman–Crippen MR) is 80.5 cm³/mol. The molecule has 1 aromatic carbocycles. The van der Waals surface area contributed by atoms with Gasteiger partial charge in [0, 0.05) is 6.04 Å². The molecule has 0 heterocycles. The maximum Gasteiger partial charge on any atom is 0.121 e. The van der Waals surface area contributed by atoms with Gasteiger partial charge < -0.3 is 4.74 Å². The van der Waals surface area contributed by atoms with Crippen molar-refractivity contribution in [1.82, 2.24) is 5.32 Å². The van der Waals surface area contributed by atoms with Crippen LogP contribution in [0.15, 0.2) is 24.3 Å². The van der Waals surface area contributed by atoms with Gasteiger partial charge in [-0.05, 0) is 43.4 Å². The molecule has 1 aliphatic carbocycles. The molecule has 1 saturated carbocycles. The highest BCUT2D eigenvalue weighted by Gasteiger charge is 2.24. The van der Waals surface area contributed by atoms with E-state index in [1.807, 2.05) is 31.2 Å². The van der Waals surface area contributed by atoms with E-state index >= 15 is 0 Å². The third-order valence-electron chi connectivity index (χ3n) is 4.15. The molecule has 0 aliphatic heterocycles. The number of nitrogens with zero attached hydrogens (tertiary/aromatic N) is 1. The van der Waals surface area contributed by atoms with Crippen LogP contribution in [0.5, 0.6) is 5.75 Å². The lowest BCUT2D eigenvalue weighted by Crippen LogP contribution is -2.39. The zero-order chi connectivity index (χ0) is 14.4. The van der Waals surface area contributed by atoms with E-state index in [-0.39, 0.29) is 6.04 Å². The third-order valence-corrected chi connectivity index (χ3v) is 4.15. The van der Waals surface area contributed by atoms with Crippen molar-refractivity contribution in [2.45, 2.75) is 51.6 Å². The first-order valence-electron chi connectivity index (χ1n) is 7.63. The molecule has 1 fully saturated rings. The lowest BCUT2D eigenvalue weighted by Gasteiger charge is -2.31. The van der Waals surface area contributed by atoms with E-state index in [1.165, 1.54) is 25.7 Å². The molecular weight excluding hydrogens is 248 g/mol. The molecule has 1 aromatic rings. The molecule has 3 atom stereocenters. The summed E-state index contributed by atoms with van der Waals surface area (Å²) in [6, 6.07) is 10.5. The average molecular weight is 272 g/mol. The van der Waals surface area contributed by atoms with E-state index in [4.69, 9.17) is 4.74 Å². The molecule has 3 unspecified atom stereocenters. The average Bonchev–Trinajstić information content (AvgIpc) is 2.48. The van der Waals surface area contributed by atoms with E-state index in [1.54, 1.807) is 0 Å². The minimum absolute atomic E-state index is 0.226. The summed E-state index contributed by atoms with van der Waals surface area (Å²) < 4.78 is 5.44. The van der Waals surface area contributed by atoms with Gasteiger partial charge >= 0.3 is 0 Å². The minimum Gasteiger partial charge on any atom is -0.494 e. The number of ether oxygens (including phenoxy) is 1. The normalized spacial score (nSPS) is 23.9. The van der Waals surface area contributed by atoms with Crippen LogP contribution in [0.25, 0.3) is 0 Å². The zero-order valence-corrected chi connectivity index (χ0v) is 12.4. The summed E-state index contributed by atoms with van der Waals surface area (Å²) in [4.78, 5) is 0. The van der Waals surface area contributed by atoms with E-state index in [0.29, 0.717) is 18.6 Å². The first-order valence-corrected chi connectivity index (χ1v) is 7.63. The first-order chi connectivity index (χ1) is 9.74. The summed E-state index contributed by atoms with van der Waals surface area (Å²) in [6.07, 6.45) is 5.03. The fourth-order valence-electron chi connectivity index (χ4n) is 2.91. The van der Waals surface area contributed by atoms with Crippen molar-refractivity contribution >= 4 is 0 Å². The Morgan fingerprint density at radius 1 is 1.30 bits per heavy atom. The molecule has 0 bridgehead atoms. The van der Waals surface area contributed by atoms with Gasteiger partial charge in [-0.15, -0.1) is 0 Å². The molecule has 2 rings (SSSR count). The smallest absolute Gasteiger partial charge is 0.121 e. The third kappa shape index (κ3) is 3.74. The SMILES string of the molecule is CCOc1ccc(C(C#N)NC2CCCCC2C)cc1. The lowest BCUT2D eigenvalue weighted by atomic mass is 9.85. The molecule has 0 radical (unpaired) electrons. The number of rotatable bonds is 5. The van der Waals surface area contributed by atoms with Crippen LogP contribution in [0, 0.1) is 17.2 Å². The molecule has 0 spiro atoms. The highest BCUT2D eigenvalue weighted by atomic mass is 16.5. The fourth-order valence-corrected chi connectivity index (χ4v) is 2.91. The summed E-state index contributed by atoms with van der Waals surface area (Å²) in [5.74, 6) is 1.52. The summed E-state index contributed by atoms with van der Waals surface area (Å²) in [7, 11) is 0. The topological polar surface area (TPSA) is 45.0 Å².